The smallest absolute Gasteiger partial charge is 0.412 e. The highest BCUT2D eigenvalue weighted by atomic mass is 35.5. The topological polar surface area (TPSA) is 50.4 Å². The van der Waals surface area contributed by atoms with E-state index in [1.54, 1.807) is 32.9 Å². The second-order valence-corrected chi connectivity index (χ2v) is 6.74. The van der Waals surface area contributed by atoms with Crippen LogP contribution in [0.15, 0.2) is 42.5 Å². The molecule has 0 radical (unpaired) electrons. The van der Waals surface area contributed by atoms with Crippen LogP contribution in [0.4, 0.5) is 20.6 Å². The van der Waals surface area contributed by atoms with Gasteiger partial charge in [0.05, 0.1) is 5.69 Å². The Labute approximate surface area is 146 Å². The number of carbonyl (C=O) groups is 1. The van der Waals surface area contributed by atoms with E-state index in [2.05, 4.69) is 10.6 Å². The maximum Gasteiger partial charge on any atom is 0.412 e. The number of hydrogen-bond donors (Lipinski definition) is 2. The molecular formula is C18H20ClFN2O2. The minimum absolute atomic E-state index is 0.290. The summed E-state index contributed by atoms with van der Waals surface area (Å²) in [6, 6.07) is 11.6. The molecule has 0 aliphatic rings. The fraction of sp³-hybridized carbons (Fsp3) is 0.278. The van der Waals surface area contributed by atoms with Crippen LogP contribution in [-0.4, -0.2) is 11.7 Å². The fourth-order valence-corrected chi connectivity index (χ4v) is 2.09. The van der Waals surface area contributed by atoms with Gasteiger partial charge in [-0.3, -0.25) is 5.32 Å². The van der Waals surface area contributed by atoms with E-state index in [0.717, 1.165) is 5.56 Å². The van der Waals surface area contributed by atoms with Gasteiger partial charge in [-0.25, -0.2) is 9.18 Å². The van der Waals surface area contributed by atoms with Gasteiger partial charge in [-0.05, 0) is 56.7 Å². The van der Waals surface area contributed by atoms with Crippen molar-refractivity contribution in [2.75, 3.05) is 10.6 Å². The molecule has 0 saturated carbocycles. The predicted octanol–water partition coefficient (Wildman–Crippen LogP) is 5.44. The maximum atomic E-state index is 13.9. The quantitative estimate of drug-likeness (QED) is 0.772. The largest absolute Gasteiger partial charge is 0.444 e. The molecule has 2 rings (SSSR count). The lowest BCUT2D eigenvalue weighted by molar-refractivity contribution is 0.0636. The van der Waals surface area contributed by atoms with E-state index in [4.69, 9.17) is 16.3 Å². The summed E-state index contributed by atoms with van der Waals surface area (Å²) in [5, 5.41) is 6.23. The highest BCUT2D eigenvalue weighted by molar-refractivity contribution is 6.30. The predicted molar refractivity (Wildman–Crippen MR) is 95.0 cm³/mol. The zero-order valence-corrected chi connectivity index (χ0v) is 14.6. The Morgan fingerprint density at radius 1 is 1.17 bits per heavy atom. The molecule has 0 aliphatic heterocycles. The molecule has 0 fully saturated rings. The van der Waals surface area contributed by atoms with Crippen molar-refractivity contribution in [3.8, 4) is 0 Å². The number of anilines is 2. The SMILES string of the molecule is CC(C)(C)OC(=O)Nc1ccc(F)c(NCc2ccc(Cl)cc2)c1. The van der Waals surface area contributed by atoms with E-state index in [0.29, 0.717) is 22.9 Å². The van der Waals surface area contributed by atoms with Gasteiger partial charge in [0.1, 0.15) is 11.4 Å². The van der Waals surface area contributed by atoms with Crippen LogP contribution in [0.1, 0.15) is 26.3 Å². The lowest BCUT2D eigenvalue weighted by Gasteiger charge is -2.20. The second kappa shape index (κ2) is 7.53. The zero-order valence-electron chi connectivity index (χ0n) is 13.8. The number of rotatable bonds is 4. The molecular weight excluding hydrogens is 331 g/mol. The van der Waals surface area contributed by atoms with Gasteiger partial charge in [0.25, 0.3) is 0 Å². The van der Waals surface area contributed by atoms with Crippen LogP contribution in [0, 0.1) is 5.82 Å². The molecule has 0 bridgehead atoms. The molecule has 2 aromatic carbocycles. The van der Waals surface area contributed by atoms with Crippen LogP contribution in [0.5, 0.6) is 0 Å². The number of halogens is 2. The van der Waals surface area contributed by atoms with Crippen molar-refractivity contribution in [2.45, 2.75) is 32.9 Å². The molecule has 4 nitrogen and oxygen atoms in total. The first-order valence-electron chi connectivity index (χ1n) is 7.51. The lowest BCUT2D eigenvalue weighted by atomic mass is 10.2. The molecule has 24 heavy (non-hydrogen) atoms. The van der Waals surface area contributed by atoms with Gasteiger partial charge in [0, 0.05) is 17.3 Å². The fourth-order valence-electron chi connectivity index (χ4n) is 1.96. The van der Waals surface area contributed by atoms with Crippen molar-refractivity contribution >= 4 is 29.1 Å². The molecule has 2 N–H and O–H groups in total. The van der Waals surface area contributed by atoms with E-state index in [1.165, 1.54) is 18.2 Å². The maximum absolute atomic E-state index is 13.9. The van der Waals surface area contributed by atoms with Crippen molar-refractivity contribution in [1.82, 2.24) is 0 Å². The van der Waals surface area contributed by atoms with Crippen molar-refractivity contribution in [2.24, 2.45) is 0 Å². The molecule has 1 amide bonds. The number of nitrogens with one attached hydrogen (secondary N) is 2. The average molecular weight is 351 g/mol. The number of hydrogen-bond acceptors (Lipinski definition) is 3. The molecule has 2 aromatic rings. The summed E-state index contributed by atoms with van der Waals surface area (Å²) in [6.45, 7) is 5.76. The summed E-state index contributed by atoms with van der Waals surface area (Å²) in [5.74, 6) is -0.404. The molecule has 0 aliphatic carbocycles. The van der Waals surface area contributed by atoms with E-state index < -0.39 is 17.5 Å². The van der Waals surface area contributed by atoms with E-state index in [9.17, 15) is 9.18 Å². The van der Waals surface area contributed by atoms with E-state index in [1.807, 2.05) is 12.1 Å². The van der Waals surface area contributed by atoms with Crippen molar-refractivity contribution in [3.63, 3.8) is 0 Å². The van der Waals surface area contributed by atoms with Gasteiger partial charge >= 0.3 is 6.09 Å². The Balaban J connectivity index is 2.02. The molecule has 0 aromatic heterocycles. The lowest BCUT2D eigenvalue weighted by Crippen LogP contribution is -2.27. The summed E-state index contributed by atoms with van der Waals surface area (Å²) in [6.07, 6.45) is -0.585. The number of ether oxygens (including phenoxy) is 1. The molecule has 128 valence electrons. The molecule has 0 unspecified atom stereocenters. The van der Waals surface area contributed by atoms with Crippen LogP contribution in [0.3, 0.4) is 0 Å². The highest BCUT2D eigenvalue weighted by Crippen LogP contribution is 2.21. The summed E-state index contributed by atoms with van der Waals surface area (Å²) < 4.78 is 19.1. The molecule has 6 heteroatoms. The highest BCUT2D eigenvalue weighted by Gasteiger charge is 2.16. The second-order valence-electron chi connectivity index (χ2n) is 6.30. The number of amides is 1. The van der Waals surface area contributed by atoms with Gasteiger partial charge in [-0.15, -0.1) is 0 Å². The van der Waals surface area contributed by atoms with Gasteiger partial charge in [-0.2, -0.15) is 0 Å². The Bertz CT molecular complexity index is 712. The molecule has 0 saturated heterocycles. The Morgan fingerprint density at radius 2 is 1.83 bits per heavy atom. The zero-order chi connectivity index (χ0) is 17.7. The summed E-state index contributed by atoms with van der Waals surface area (Å²) in [4.78, 5) is 11.8. The third-order valence-corrected chi connectivity index (χ3v) is 3.26. The van der Waals surface area contributed by atoms with Gasteiger partial charge in [0.2, 0.25) is 0 Å². The molecule has 0 heterocycles. The van der Waals surface area contributed by atoms with Crippen LogP contribution >= 0.6 is 11.6 Å². The number of benzene rings is 2. The van der Waals surface area contributed by atoms with Crippen molar-refractivity contribution in [1.29, 1.82) is 0 Å². The Kier molecular flexibility index (Phi) is 5.67. The van der Waals surface area contributed by atoms with E-state index >= 15 is 0 Å². The normalized spacial score (nSPS) is 11.0. The Hall–Kier alpha value is -2.27. The first-order chi connectivity index (χ1) is 11.2. The van der Waals surface area contributed by atoms with Crippen molar-refractivity contribution in [3.05, 3.63) is 58.9 Å². The molecule has 0 atom stereocenters. The third kappa shape index (κ3) is 5.74. The minimum atomic E-state index is -0.597. The summed E-state index contributed by atoms with van der Waals surface area (Å²) in [5.41, 5.74) is 1.10. The van der Waals surface area contributed by atoms with Crippen LogP contribution in [-0.2, 0) is 11.3 Å². The standard InChI is InChI=1S/C18H20ClFN2O2/c1-18(2,3)24-17(23)22-14-8-9-15(20)16(10-14)21-11-12-4-6-13(19)7-5-12/h4-10,21H,11H2,1-3H3,(H,22,23). The van der Waals surface area contributed by atoms with Crippen LogP contribution < -0.4 is 10.6 Å². The van der Waals surface area contributed by atoms with Gasteiger partial charge < -0.3 is 10.1 Å². The first kappa shape index (κ1) is 18.1. The number of carbonyl (C=O) groups excluding carboxylic acids is 1. The first-order valence-corrected chi connectivity index (χ1v) is 7.88. The third-order valence-electron chi connectivity index (χ3n) is 3.01. The van der Waals surface area contributed by atoms with Gasteiger partial charge in [-0.1, -0.05) is 23.7 Å². The van der Waals surface area contributed by atoms with Crippen LogP contribution in [0.2, 0.25) is 5.02 Å². The minimum Gasteiger partial charge on any atom is -0.444 e. The molecule has 0 spiro atoms. The monoisotopic (exact) mass is 350 g/mol. The summed E-state index contributed by atoms with van der Waals surface area (Å²) >= 11 is 5.84. The van der Waals surface area contributed by atoms with Crippen molar-refractivity contribution < 1.29 is 13.9 Å². The van der Waals surface area contributed by atoms with E-state index in [-0.39, 0.29) is 0 Å². The van der Waals surface area contributed by atoms with Gasteiger partial charge in [0.15, 0.2) is 0 Å². The average Bonchev–Trinajstić information content (AvgIpc) is 2.47. The Morgan fingerprint density at radius 3 is 2.46 bits per heavy atom. The van der Waals surface area contributed by atoms with Crippen LogP contribution in [0.25, 0.3) is 0 Å². The summed E-state index contributed by atoms with van der Waals surface area (Å²) in [7, 11) is 0.